The number of carbonyl (C=O) groups is 3. The van der Waals surface area contributed by atoms with Gasteiger partial charge in [0, 0.05) is 38.0 Å². The van der Waals surface area contributed by atoms with E-state index in [2.05, 4.69) is 13.2 Å². The Bertz CT molecular complexity index is 1120. The number of hydrogen-bond donors (Lipinski definition) is 1. The molecule has 3 fully saturated rings. The van der Waals surface area contributed by atoms with Gasteiger partial charge in [0.25, 0.3) is 0 Å². The van der Waals surface area contributed by atoms with Crippen LogP contribution in [-0.2, 0) is 19.1 Å². The molecule has 1 aromatic rings. The highest BCUT2D eigenvalue weighted by Gasteiger charge is 2.74. The number of amides is 3. The number of benzene rings is 1. The number of ether oxygens (including phenoxy) is 2. The first-order valence-electron chi connectivity index (χ1n) is 14.9. The Labute approximate surface area is 243 Å². The molecule has 5 atom stereocenters. The molecule has 3 amide bonds. The fourth-order valence-electron chi connectivity index (χ4n) is 6.90. The summed E-state index contributed by atoms with van der Waals surface area (Å²) in [6.07, 6.45) is 6.09. The lowest BCUT2D eigenvalue weighted by Gasteiger charge is -2.38. The number of aliphatic hydroxyl groups is 1. The van der Waals surface area contributed by atoms with Gasteiger partial charge in [-0.25, -0.2) is 0 Å². The SMILES string of the molecule is C=CCN(C(=O)[C@@H]1[C@H]2C(=O)N(CCCCCO)C(C(=O)N(CC=C)C(C)C)C23CC[C@H]1O3)c1ccc(OCC)cc1. The van der Waals surface area contributed by atoms with Gasteiger partial charge in [-0.15, -0.1) is 13.2 Å². The molecule has 41 heavy (non-hydrogen) atoms. The predicted molar refractivity (Wildman–Crippen MR) is 157 cm³/mol. The molecule has 0 aromatic heterocycles. The molecule has 1 aromatic carbocycles. The summed E-state index contributed by atoms with van der Waals surface area (Å²) >= 11 is 0. The molecule has 0 radical (unpaired) electrons. The number of nitrogens with zero attached hydrogens (tertiary/aromatic N) is 3. The van der Waals surface area contributed by atoms with Gasteiger partial charge in [-0.1, -0.05) is 12.2 Å². The van der Waals surface area contributed by atoms with Crippen LogP contribution in [0.15, 0.2) is 49.6 Å². The minimum absolute atomic E-state index is 0.0788. The lowest BCUT2D eigenvalue weighted by atomic mass is 9.70. The molecule has 3 aliphatic rings. The normalized spacial score (nSPS) is 26.3. The Morgan fingerprint density at radius 3 is 2.46 bits per heavy atom. The maximum absolute atomic E-state index is 14.3. The Hall–Kier alpha value is -3.17. The number of anilines is 1. The highest BCUT2D eigenvalue weighted by Crippen LogP contribution is 2.59. The van der Waals surface area contributed by atoms with Crippen molar-refractivity contribution < 1.29 is 29.0 Å². The average molecular weight is 568 g/mol. The topological polar surface area (TPSA) is 99.6 Å². The summed E-state index contributed by atoms with van der Waals surface area (Å²) in [6.45, 7) is 15.1. The number of aliphatic hydroxyl groups excluding tert-OH is 1. The van der Waals surface area contributed by atoms with Crippen LogP contribution < -0.4 is 9.64 Å². The van der Waals surface area contributed by atoms with E-state index < -0.39 is 29.6 Å². The van der Waals surface area contributed by atoms with Crippen LogP contribution in [0, 0.1) is 11.8 Å². The van der Waals surface area contributed by atoms with E-state index in [1.165, 1.54) is 0 Å². The third-order valence-electron chi connectivity index (χ3n) is 8.65. The molecule has 4 rings (SSSR count). The number of rotatable bonds is 15. The fraction of sp³-hybridized carbons (Fsp3) is 0.594. The highest BCUT2D eigenvalue weighted by molar-refractivity contribution is 6.03. The van der Waals surface area contributed by atoms with E-state index >= 15 is 0 Å². The van der Waals surface area contributed by atoms with Crippen molar-refractivity contribution >= 4 is 23.4 Å². The molecule has 224 valence electrons. The van der Waals surface area contributed by atoms with Gasteiger partial charge in [-0.3, -0.25) is 14.4 Å². The van der Waals surface area contributed by atoms with Crippen LogP contribution in [0.1, 0.15) is 52.9 Å². The third kappa shape index (κ3) is 5.66. The van der Waals surface area contributed by atoms with Crippen molar-refractivity contribution in [2.45, 2.75) is 76.7 Å². The van der Waals surface area contributed by atoms with Crippen molar-refractivity contribution in [2.24, 2.45) is 11.8 Å². The zero-order chi connectivity index (χ0) is 29.7. The van der Waals surface area contributed by atoms with Gasteiger partial charge in [-0.05, 0) is 77.1 Å². The average Bonchev–Trinajstić information content (AvgIpc) is 3.60. The smallest absolute Gasteiger partial charge is 0.248 e. The lowest BCUT2D eigenvalue weighted by Crippen LogP contribution is -2.57. The Morgan fingerprint density at radius 1 is 1.15 bits per heavy atom. The number of unbranched alkanes of at least 4 members (excludes halogenated alkanes) is 2. The molecule has 9 nitrogen and oxygen atoms in total. The van der Waals surface area contributed by atoms with E-state index in [9.17, 15) is 19.5 Å². The van der Waals surface area contributed by atoms with E-state index in [-0.39, 0.29) is 36.9 Å². The van der Waals surface area contributed by atoms with Crippen molar-refractivity contribution in [1.29, 1.82) is 0 Å². The van der Waals surface area contributed by atoms with E-state index in [1.807, 2.05) is 45.0 Å². The molecule has 0 saturated carbocycles. The molecule has 3 saturated heterocycles. The Kier molecular flexibility index (Phi) is 9.92. The molecule has 2 bridgehead atoms. The summed E-state index contributed by atoms with van der Waals surface area (Å²) in [4.78, 5) is 47.8. The van der Waals surface area contributed by atoms with E-state index in [4.69, 9.17) is 9.47 Å². The second-order valence-corrected chi connectivity index (χ2v) is 11.4. The second-order valence-electron chi connectivity index (χ2n) is 11.4. The van der Waals surface area contributed by atoms with E-state index in [0.29, 0.717) is 56.8 Å². The quantitative estimate of drug-likeness (QED) is 0.257. The van der Waals surface area contributed by atoms with Gasteiger partial charge in [0.05, 0.1) is 24.5 Å². The summed E-state index contributed by atoms with van der Waals surface area (Å²) < 4.78 is 12.2. The van der Waals surface area contributed by atoms with Crippen LogP contribution in [0.25, 0.3) is 0 Å². The van der Waals surface area contributed by atoms with Crippen molar-refractivity contribution in [1.82, 2.24) is 9.80 Å². The number of likely N-dealkylation sites (tertiary alicyclic amines) is 1. The number of hydrogen-bond acceptors (Lipinski definition) is 6. The zero-order valence-electron chi connectivity index (χ0n) is 24.7. The van der Waals surface area contributed by atoms with Crippen molar-refractivity contribution in [2.75, 3.05) is 37.7 Å². The first-order chi connectivity index (χ1) is 19.7. The van der Waals surface area contributed by atoms with Gasteiger partial charge in [-0.2, -0.15) is 0 Å². The van der Waals surface area contributed by atoms with Crippen molar-refractivity contribution in [3.63, 3.8) is 0 Å². The predicted octanol–water partition coefficient (Wildman–Crippen LogP) is 3.56. The molecule has 3 aliphatic heterocycles. The first-order valence-corrected chi connectivity index (χ1v) is 14.9. The van der Waals surface area contributed by atoms with E-state index in [0.717, 1.165) is 6.42 Å². The standard InChI is InChI=1S/C32H45N3O6/c1-6-18-33(22(4)5)31(39)28-32-17-16-25(41-32)26(27(32)30(38)35(28)20-10-9-11-21-36)29(37)34(19-7-2)23-12-14-24(15-13-23)40-8-3/h6-7,12-15,22,25-28,36H,1-2,8-11,16-21H2,3-5H3/t25-,26+,27+,28?,32?/m1/s1. The zero-order valence-corrected chi connectivity index (χ0v) is 24.7. The monoisotopic (exact) mass is 567 g/mol. The summed E-state index contributed by atoms with van der Waals surface area (Å²) in [6, 6.07) is 6.42. The summed E-state index contributed by atoms with van der Waals surface area (Å²) in [5, 5.41) is 9.26. The summed E-state index contributed by atoms with van der Waals surface area (Å²) in [5.41, 5.74) is -0.366. The van der Waals surface area contributed by atoms with Gasteiger partial charge in [0.2, 0.25) is 17.7 Å². The maximum atomic E-state index is 14.3. The third-order valence-corrected chi connectivity index (χ3v) is 8.65. The molecule has 0 aliphatic carbocycles. The van der Waals surface area contributed by atoms with Crippen LogP contribution in [0.2, 0.25) is 0 Å². The lowest BCUT2D eigenvalue weighted by molar-refractivity contribution is -0.149. The van der Waals surface area contributed by atoms with E-state index in [1.54, 1.807) is 26.9 Å². The van der Waals surface area contributed by atoms with Gasteiger partial charge >= 0.3 is 0 Å². The van der Waals surface area contributed by atoms with Gasteiger partial charge in [0.15, 0.2) is 0 Å². The van der Waals surface area contributed by atoms with Crippen LogP contribution >= 0.6 is 0 Å². The molecular formula is C32H45N3O6. The maximum Gasteiger partial charge on any atom is 0.248 e. The van der Waals surface area contributed by atoms with Crippen LogP contribution in [0.5, 0.6) is 5.75 Å². The first kappa shape index (κ1) is 30.8. The van der Waals surface area contributed by atoms with Crippen LogP contribution in [-0.4, -0.2) is 89.3 Å². The second kappa shape index (κ2) is 13.2. The summed E-state index contributed by atoms with van der Waals surface area (Å²) in [5.74, 6) is -1.29. The van der Waals surface area contributed by atoms with Gasteiger partial charge in [0.1, 0.15) is 17.4 Å². The summed E-state index contributed by atoms with van der Waals surface area (Å²) in [7, 11) is 0. The minimum atomic E-state index is -1.05. The molecule has 3 heterocycles. The number of fused-ring (bicyclic) bond motifs is 1. The fourth-order valence-corrected chi connectivity index (χ4v) is 6.90. The largest absolute Gasteiger partial charge is 0.494 e. The van der Waals surface area contributed by atoms with Crippen molar-refractivity contribution in [3.8, 4) is 5.75 Å². The Balaban J connectivity index is 1.70. The molecular weight excluding hydrogens is 522 g/mol. The minimum Gasteiger partial charge on any atom is -0.494 e. The number of carbonyl (C=O) groups excluding carboxylic acids is 3. The van der Waals surface area contributed by atoms with Crippen LogP contribution in [0.4, 0.5) is 5.69 Å². The van der Waals surface area contributed by atoms with Crippen molar-refractivity contribution in [3.05, 3.63) is 49.6 Å². The van der Waals surface area contributed by atoms with Crippen LogP contribution in [0.3, 0.4) is 0 Å². The molecule has 1 spiro atoms. The Morgan fingerprint density at radius 2 is 1.85 bits per heavy atom. The molecule has 9 heteroatoms. The molecule has 2 unspecified atom stereocenters. The molecule has 1 N–H and O–H groups in total. The van der Waals surface area contributed by atoms with Gasteiger partial charge < -0.3 is 29.3 Å². The highest BCUT2D eigenvalue weighted by atomic mass is 16.5.